The molecule has 0 amide bonds. The number of hydrogen-bond donors (Lipinski definition) is 2. The average molecular weight is 447 g/mol. The van der Waals surface area contributed by atoms with Crippen LogP contribution < -0.4 is 16.0 Å². The van der Waals surface area contributed by atoms with Crippen molar-refractivity contribution in [2.75, 3.05) is 29.9 Å². The van der Waals surface area contributed by atoms with Crippen molar-refractivity contribution in [3.8, 4) is 0 Å². The zero-order valence-corrected chi connectivity index (χ0v) is 17.2. The van der Waals surface area contributed by atoms with Gasteiger partial charge in [-0.25, -0.2) is 4.98 Å². The van der Waals surface area contributed by atoms with Gasteiger partial charge in [0, 0.05) is 41.1 Å². The Balaban J connectivity index is 1.74. The molecule has 0 spiro atoms. The molecule has 0 atom stereocenters. The minimum atomic E-state index is 0.535. The number of rotatable bonds is 4. The van der Waals surface area contributed by atoms with Gasteiger partial charge in [0.05, 0.1) is 5.52 Å². The number of nitrogens with two attached hydrogens (primary N) is 1. The van der Waals surface area contributed by atoms with Crippen molar-refractivity contribution in [2.24, 2.45) is 5.73 Å². The summed E-state index contributed by atoms with van der Waals surface area (Å²) in [4.78, 5) is 11.9. The lowest BCUT2D eigenvalue weighted by Gasteiger charge is -2.22. The third kappa shape index (κ3) is 4.03. The quantitative estimate of drug-likeness (QED) is 0.623. The third-order valence-corrected chi connectivity index (χ3v) is 5.50. The Morgan fingerprint density at radius 1 is 1.15 bits per heavy atom. The van der Waals surface area contributed by atoms with Gasteiger partial charge in [-0.2, -0.15) is 4.98 Å². The molecule has 0 aliphatic carbocycles. The van der Waals surface area contributed by atoms with Crippen molar-refractivity contribution < 1.29 is 0 Å². The lowest BCUT2D eigenvalue weighted by Crippen LogP contribution is -2.25. The molecule has 1 aliphatic heterocycles. The van der Waals surface area contributed by atoms with Crippen molar-refractivity contribution in [1.82, 2.24) is 9.97 Å². The van der Waals surface area contributed by atoms with E-state index in [9.17, 15) is 0 Å². The highest BCUT2D eigenvalue weighted by Crippen LogP contribution is 2.29. The summed E-state index contributed by atoms with van der Waals surface area (Å²) >= 11 is 9.76. The van der Waals surface area contributed by atoms with Crippen LogP contribution in [0.3, 0.4) is 0 Å². The molecule has 1 aliphatic rings. The monoisotopic (exact) mass is 445 g/mol. The Morgan fingerprint density at radius 2 is 2.04 bits per heavy atom. The first-order valence-corrected chi connectivity index (χ1v) is 10.2. The van der Waals surface area contributed by atoms with Gasteiger partial charge < -0.3 is 16.0 Å². The summed E-state index contributed by atoms with van der Waals surface area (Å²) in [5, 5.41) is 4.90. The van der Waals surface area contributed by atoms with E-state index in [0.29, 0.717) is 18.1 Å². The number of hydrogen-bond acceptors (Lipinski definition) is 5. The third-order valence-electron chi connectivity index (χ3n) is 4.77. The molecule has 3 N–H and O–H groups in total. The summed E-state index contributed by atoms with van der Waals surface area (Å²) in [6.45, 7) is 2.90. The van der Waals surface area contributed by atoms with Gasteiger partial charge in [0.25, 0.3) is 0 Å². The Hall–Kier alpha value is -1.89. The number of aryl methyl sites for hydroxylation is 1. The van der Waals surface area contributed by atoms with Gasteiger partial charge in [-0.15, -0.1) is 0 Å². The maximum absolute atomic E-state index is 6.18. The van der Waals surface area contributed by atoms with E-state index in [0.717, 1.165) is 53.1 Å². The fourth-order valence-electron chi connectivity index (χ4n) is 3.45. The van der Waals surface area contributed by atoms with Crippen LogP contribution in [0.5, 0.6) is 0 Å². The molecule has 0 saturated heterocycles. The molecule has 0 radical (unpaired) electrons. The summed E-state index contributed by atoms with van der Waals surface area (Å²) in [5.41, 5.74) is 9.27. The standard InChI is InChI=1S/C20H21BrClN5/c21-15-4-3-14-12-27(9-1-2-13(14)10-15)20-25-18-6-5-16(22)11-17(18)19(26-20)24-8-7-23/h3-6,10-11H,1-2,7-9,12,23H2,(H,24,25,26). The predicted octanol–water partition coefficient (Wildman–Crippen LogP) is 4.37. The van der Waals surface area contributed by atoms with Crippen LogP contribution in [0.2, 0.25) is 5.02 Å². The van der Waals surface area contributed by atoms with Crippen molar-refractivity contribution in [2.45, 2.75) is 19.4 Å². The second kappa shape index (κ2) is 8.00. The lowest BCUT2D eigenvalue weighted by atomic mass is 10.0. The Labute approximate surface area is 172 Å². The van der Waals surface area contributed by atoms with Crippen LogP contribution in [0.1, 0.15) is 17.5 Å². The minimum Gasteiger partial charge on any atom is -0.368 e. The van der Waals surface area contributed by atoms with E-state index in [4.69, 9.17) is 27.3 Å². The molecule has 27 heavy (non-hydrogen) atoms. The molecule has 2 aromatic carbocycles. The average Bonchev–Trinajstić information content (AvgIpc) is 2.88. The first-order valence-electron chi connectivity index (χ1n) is 9.07. The second-order valence-electron chi connectivity index (χ2n) is 6.69. The highest BCUT2D eigenvalue weighted by molar-refractivity contribution is 9.10. The van der Waals surface area contributed by atoms with E-state index in [1.165, 1.54) is 11.1 Å². The summed E-state index contributed by atoms with van der Waals surface area (Å²) in [6, 6.07) is 12.2. The Kier molecular flexibility index (Phi) is 5.48. The van der Waals surface area contributed by atoms with E-state index >= 15 is 0 Å². The summed E-state index contributed by atoms with van der Waals surface area (Å²) < 4.78 is 1.13. The van der Waals surface area contributed by atoms with Crippen molar-refractivity contribution >= 4 is 50.2 Å². The molecule has 1 aromatic heterocycles. The maximum Gasteiger partial charge on any atom is 0.228 e. The molecule has 140 valence electrons. The maximum atomic E-state index is 6.18. The smallest absolute Gasteiger partial charge is 0.228 e. The lowest BCUT2D eigenvalue weighted by molar-refractivity contribution is 0.743. The second-order valence-corrected chi connectivity index (χ2v) is 8.04. The summed E-state index contributed by atoms with van der Waals surface area (Å²) in [6.07, 6.45) is 2.13. The van der Waals surface area contributed by atoms with Crippen LogP contribution in [-0.4, -0.2) is 29.6 Å². The molecule has 0 unspecified atom stereocenters. The molecule has 0 bridgehead atoms. The first-order chi connectivity index (χ1) is 13.1. The molecule has 3 aromatic rings. The van der Waals surface area contributed by atoms with Gasteiger partial charge in [0.15, 0.2) is 0 Å². The summed E-state index contributed by atoms with van der Waals surface area (Å²) in [7, 11) is 0. The number of nitrogens with one attached hydrogen (secondary N) is 1. The SMILES string of the molecule is NCCNc1nc(N2CCCc3cc(Br)ccc3C2)nc2ccc(Cl)cc12. The topological polar surface area (TPSA) is 67.1 Å². The number of benzene rings is 2. The molecule has 4 rings (SSSR count). The van der Waals surface area contributed by atoms with Crippen molar-refractivity contribution in [3.63, 3.8) is 0 Å². The highest BCUT2D eigenvalue weighted by Gasteiger charge is 2.19. The van der Waals surface area contributed by atoms with E-state index in [1.807, 2.05) is 18.2 Å². The largest absolute Gasteiger partial charge is 0.368 e. The molecular formula is C20H21BrClN5. The number of aromatic nitrogens is 2. The molecule has 0 saturated carbocycles. The molecule has 2 heterocycles. The molecule has 7 heteroatoms. The zero-order valence-electron chi connectivity index (χ0n) is 14.9. The van der Waals surface area contributed by atoms with E-state index < -0.39 is 0 Å². The predicted molar refractivity (Wildman–Crippen MR) is 116 cm³/mol. The first kappa shape index (κ1) is 18.5. The number of fused-ring (bicyclic) bond motifs is 2. The fraction of sp³-hybridized carbons (Fsp3) is 0.300. The number of anilines is 2. The van der Waals surface area contributed by atoms with E-state index in [-0.39, 0.29) is 0 Å². The van der Waals surface area contributed by atoms with Gasteiger partial charge in [-0.3, -0.25) is 0 Å². The summed E-state index contributed by atoms with van der Waals surface area (Å²) in [5.74, 6) is 1.52. The van der Waals surface area contributed by atoms with Crippen LogP contribution in [0.4, 0.5) is 11.8 Å². The van der Waals surface area contributed by atoms with Crippen LogP contribution in [0, 0.1) is 0 Å². The number of nitrogens with zero attached hydrogens (tertiary/aromatic N) is 3. The van der Waals surface area contributed by atoms with E-state index in [1.54, 1.807) is 0 Å². The van der Waals surface area contributed by atoms with Gasteiger partial charge in [0.2, 0.25) is 5.95 Å². The van der Waals surface area contributed by atoms with E-state index in [2.05, 4.69) is 44.3 Å². The highest BCUT2D eigenvalue weighted by atomic mass is 79.9. The minimum absolute atomic E-state index is 0.535. The van der Waals surface area contributed by atoms with Crippen LogP contribution >= 0.6 is 27.5 Å². The van der Waals surface area contributed by atoms with Crippen molar-refractivity contribution in [3.05, 3.63) is 57.0 Å². The Bertz CT molecular complexity index is 978. The number of halogens is 2. The normalized spacial score (nSPS) is 14.1. The van der Waals surface area contributed by atoms with Gasteiger partial charge in [0.1, 0.15) is 5.82 Å². The molecule has 5 nitrogen and oxygen atoms in total. The van der Waals surface area contributed by atoms with Crippen molar-refractivity contribution in [1.29, 1.82) is 0 Å². The molecule has 0 fully saturated rings. The molecular weight excluding hydrogens is 426 g/mol. The Morgan fingerprint density at radius 3 is 2.89 bits per heavy atom. The van der Waals surface area contributed by atoms with Gasteiger partial charge in [-0.05, 0) is 54.3 Å². The van der Waals surface area contributed by atoms with Crippen LogP contribution in [-0.2, 0) is 13.0 Å². The zero-order chi connectivity index (χ0) is 18.8. The van der Waals surface area contributed by atoms with Gasteiger partial charge >= 0.3 is 0 Å². The van der Waals surface area contributed by atoms with Gasteiger partial charge in [-0.1, -0.05) is 33.6 Å². The van der Waals surface area contributed by atoms with Crippen LogP contribution in [0.25, 0.3) is 10.9 Å². The van der Waals surface area contributed by atoms with Crippen LogP contribution in [0.15, 0.2) is 40.9 Å². The fourth-order valence-corrected chi connectivity index (χ4v) is 4.03.